The molecular weight excluding hydrogens is 362 g/mol. The first-order chi connectivity index (χ1) is 13.6. The van der Waals surface area contributed by atoms with Crippen molar-refractivity contribution in [2.75, 3.05) is 31.7 Å². The number of rotatable bonds is 9. The third kappa shape index (κ3) is 4.93. The minimum Gasteiger partial charge on any atom is -0.491 e. The summed E-state index contributed by atoms with van der Waals surface area (Å²) < 4.78 is 10.6. The molecule has 0 unspecified atom stereocenters. The minimum absolute atomic E-state index is 0.0209. The van der Waals surface area contributed by atoms with Crippen molar-refractivity contribution in [1.29, 1.82) is 0 Å². The van der Waals surface area contributed by atoms with Gasteiger partial charge in [0.25, 0.3) is 5.91 Å². The van der Waals surface area contributed by atoms with E-state index in [2.05, 4.69) is 15.3 Å². The van der Waals surface area contributed by atoms with Crippen LogP contribution in [0.2, 0.25) is 0 Å². The van der Waals surface area contributed by atoms with Gasteiger partial charge in [0.15, 0.2) is 5.78 Å². The molecule has 1 amide bonds. The van der Waals surface area contributed by atoms with Gasteiger partial charge in [0, 0.05) is 11.1 Å². The summed E-state index contributed by atoms with van der Waals surface area (Å²) in [6.07, 6.45) is 0. The number of Topliss-reactive ketones (excluding diaryl/α,β-unsaturated/α-hetero) is 1. The number of fused-ring (bicyclic) bond motifs is 1. The Bertz CT molecular complexity index is 966. The van der Waals surface area contributed by atoms with Crippen molar-refractivity contribution in [3.63, 3.8) is 0 Å². The first-order valence-electron chi connectivity index (χ1n) is 8.80. The summed E-state index contributed by atoms with van der Waals surface area (Å²) in [6, 6.07) is 11.8. The van der Waals surface area contributed by atoms with Gasteiger partial charge in [-0.25, -0.2) is 4.98 Å². The molecule has 0 saturated heterocycles. The van der Waals surface area contributed by atoms with E-state index in [0.717, 1.165) is 5.52 Å². The summed E-state index contributed by atoms with van der Waals surface area (Å²) in [5.41, 5.74) is 2.35. The number of imidazole rings is 1. The lowest BCUT2D eigenvalue weighted by Gasteiger charge is -2.07. The normalized spacial score (nSPS) is 10.8. The number of ketones is 1. The van der Waals surface area contributed by atoms with Crippen molar-refractivity contribution in [2.45, 2.75) is 6.92 Å². The molecule has 0 spiro atoms. The summed E-state index contributed by atoms with van der Waals surface area (Å²) in [5.74, 6) is 0.563. The predicted molar refractivity (Wildman–Crippen MR) is 104 cm³/mol. The van der Waals surface area contributed by atoms with Gasteiger partial charge in [-0.1, -0.05) is 0 Å². The monoisotopic (exact) mass is 383 g/mol. The number of nitrogens with zero attached hydrogens (tertiary/aromatic N) is 1. The van der Waals surface area contributed by atoms with Crippen LogP contribution in [0.4, 0.5) is 5.95 Å². The van der Waals surface area contributed by atoms with Crippen molar-refractivity contribution < 1.29 is 24.2 Å². The van der Waals surface area contributed by atoms with Gasteiger partial charge in [-0.15, -0.1) is 0 Å². The van der Waals surface area contributed by atoms with Crippen LogP contribution in [0, 0.1) is 0 Å². The highest BCUT2D eigenvalue weighted by Gasteiger charge is 2.11. The van der Waals surface area contributed by atoms with Crippen LogP contribution in [-0.4, -0.2) is 53.2 Å². The van der Waals surface area contributed by atoms with Crippen molar-refractivity contribution >= 4 is 28.7 Å². The number of carbonyl (C=O) groups is 2. The molecule has 0 radical (unpaired) electrons. The van der Waals surface area contributed by atoms with Crippen LogP contribution in [0.25, 0.3) is 11.0 Å². The molecule has 3 aromatic rings. The zero-order valence-electron chi connectivity index (χ0n) is 15.4. The molecule has 3 rings (SSSR count). The second-order valence-electron chi connectivity index (χ2n) is 6.04. The average Bonchev–Trinajstić information content (AvgIpc) is 3.09. The van der Waals surface area contributed by atoms with Crippen LogP contribution in [0.15, 0.2) is 42.5 Å². The highest BCUT2D eigenvalue weighted by Crippen LogP contribution is 2.18. The Balaban J connectivity index is 1.59. The van der Waals surface area contributed by atoms with E-state index < -0.39 is 0 Å². The molecule has 0 bridgehead atoms. The second kappa shape index (κ2) is 9.12. The topological polar surface area (TPSA) is 114 Å². The Kier molecular flexibility index (Phi) is 6.36. The van der Waals surface area contributed by atoms with Crippen LogP contribution >= 0.6 is 0 Å². The van der Waals surface area contributed by atoms with Gasteiger partial charge in [-0.3, -0.25) is 14.9 Å². The number of benzene rings is 2. The van der Waals surface area contributed by atoms with Crippen LogP contribution in [0.5, 0.6) is 5.75 Å². The Morgan fingerprint density at radius 2 is 1.82 bits per heavy atom. The number of carbonyl (C=O) groups excluding carboxylic acids is 2. The number of amides is 1. The van der Waals surface area contributed by atoms with E-state index in [9.17, 15) is 9.59 Å². The van der Waals surface area contributed by atoms with Crippen LogP contribution in [0.3, 0.4) is 0 Å². The van der Waals surface area contributed by atoms with E-state index in [4.69, 9.17) is 14.6 Å². The van der Waals surface area contributed by atoms with Gasteiger partial charge in [0.1, 0.15) is 12.4 Å². The van der Waals surface area contributed by atoms with Crippen LogP contribution < -0.4 is 10.1 Å². The Morgan fingerprint density at radius 1 is 1.07 bits per heavy atom. The highest BCUT2D eigenvalue weighted by atomic mass is 16.5. The lowest BCUT2D eigenvalue weighted by atomic mass is 10.1. The van der Waals surface area contributed by atoms with Gasteiger partial charge >= 0.3 is 0 Å². The second-order valence-corrected chi connectivity index (χ2v) is 6.04. The molecule has 2 aromatic carbocycles. The van der Waals surface area contributed by atoms with Crippen molar-refractivity contribution in [3.8, 4) is 5.75 Å². The van der Waals surface area contributed by atoms with E-state index >= 15 is 0 Å². The Morgan fingerprint density at radius 3 is 2.54 bits per heavy atom. The number of aliphatic hydroxyl groups excluding tert-OH is 1. The molecule has 3 N–H and O–H groups in total. The molecule has 0 atom stereocenters. The number of hydrogen-bond acceptors (Lipinski definition) is 6. The summed E-state index contributed by atoms with van der Waals surface area (Å²) in [4.78, 5) is 31.2. The lowest BCUT2D eigenvalue weighted by molar-refractivity contribution is 0.0705. The zero-order chi connectivity index (χ0) is 19.9. The fourth-order valence-corrected chi connectivity index (χ4v) is 2.55. The molecule has 0 saturated carbocycles. The maximum Gasteiger partial charge on any atom is 0.257 e. The highest BCUT2D eigenvalue weighted by molar-refractivity contribution is 6.04. The van der Waals surface area contributed by atoms with E-state index in [1.165, 1.54) is 6.92 Å². The molecule has 8 heteroatoms. The molecule has 0 aliphatic heterocycles. The van der Waals surface area contributed by atoms with E-state index in [1.54, 1.807) is 42.5 Å². The summed E-state index contributed by atoms with van der Waals surface area (Å²) >= 11 is 0. The number of hydrogen-bond donors (Lipinski definition) is 3. The van der Waals surface area contributed by atoms with Crippen molar-refractivity contribution in [2.24, 2.45) is 0 Å². The number of aromatic amines is 1. The largest absolute Gasteiger partial charge is 0.491 e. The standard InChI is InChI=1S/C20H21N3O5/c1-13(25)15-4-7-17-18(12-15)22-20(21-17)23-19(26)14-2-5-16(6-3-14)28-11-10-27-9-8-24/h2-7,12,24H,8-11H2,1H3,(H2,21,22,23,26). The van der Waals surface area contributed by atoms with Gasteiger partial charge < -0.3 is 19.6 Å². The fourth-order valence-electron chi connectivity index (χ4n) is 2.55. The average molecular weight is 383 g/mol. The molecule has 146 valence electrons. The van der Waals surface area contributed by atoms with Gasteiger partial charge in [-0.05, 0) is 49.4 Å². The van der Waals surface area contributed by atoms with Crippen molar-refractivity contribution in [3.05, 3.63) is 53.6 Å². The lowest BCUT2D eigenvalue weighted by Crippen LogP contribution is -2.13. The van der Waals surface area contributed by atoms with E-state index in [-0.39, 0.29) is 24.9 Å². The van der Waals surface area contributed by atoms with Crippen LogP contribution in [-0.2, 0) is 4.74 Å². The first-order valence-corrected chi connectivity index (χ1v) is 8.80. The maximum atomic E-state index is 12.4. The number of aromatic nitrogens is 2. The number of anilines is 1. The summed E-state index contributed by atoms with van der Waals surface area (Å²) in [7, 11) is 0. The predicted octanol–water partition coefficient (Wildman–Crippen LogP) is 2.41. The van der Waals surface area contributed by atoms with Gasteiger partial charge in [0.05, 0.1) is 30.9 Å². The third-order valence-electron chi connectivity index (χ3n) is 3.97. The van der Waals surface area contributed by atoms with Gasteiger partial charge in [0.2, 0.25) is 5.95 Å². The minimum atomic E-state index is -0.316. The zero-order valence-corrected chi connectivity index (χ0v) is 15.4. The first kappa shape index (κ1) is 19.5. The quantitative estimate of drug-likeness (QED) is 0.386. The smallest absolute Gasteiger partial charge is 0.257 e. The molecule has 8 nitrogen and oxygen atoms in total. The van der Waals surface area contributed by atoms with E-state index in [0.29, 0.717) is 41.6 Å². The molecule has 28 heavy (non-hydrogen) atoms. The van der Waals surface area contributed by atoms with Gasteiger partial charge in [-0.2, -0.15) is 0 Å². The van der Waals surface area contributed by atoms with Crippen LogP contribution in [0.1, 0.15) is 27.6 Å². The molecule has 0 aliphatic carbocycles. The Hall–Kier alpha value is -3.23. The number of H-pyrrole nitrogens is 1. The van der Waals surface area contributed by atoms with Crippen molar-refractivity contribution in [1.82, 2.24) is 9.97 Å². The summed E-state index contributed by atoms with van der Waals surface area (Å²) in [5, 5.41) is 11.3. The molecule has 1 aromatic heterocycles. The molecule has 0 aliphatic rings. The SMILES string of the molecule is CC(=O)c1ccc2[nH]c(NC(=O)c3ccc(OCCOCCO)cc3)nc2c1. The van der Waals surface area contributed by atoms with E-state index in [1.807, 2.05) is 0 Å². The number of aliphatic hydroxyl groups is 1. The molecule has 1 heterocycles. The Labute approximate surface area is 161 Å². The summed E-state index contributed by atoms with van der Waals surface area (Å²) in [6.45, 7) is 2.48. The maximum absolute atomic E-state index is 12.4. The number of ether oxygens (including phenoxy) is 2. The number of nitrogens with one attached hydrogen (secondary N) is 2. The molecule has 0 fully saturated rings. The molecular formula is C20H21N3O5. The fraction of sp³-hybridized carbons (Fsp3) is 0.250. The third-order valence-corrected chi connectivity index (χ3v) is 3.97.